The van der Waals surface area contributed by atoms with E-state index in [9.17, 15) is 0 Å². The summed E-state index contributed by atoms with van der Waals surface area (Å²) < 4.78 is 0. The molecular formula is C13H12Cl2N2S. The Bertz CT molecular complexity index is 532. The second-order valence-corrected chi connectivity index (χ2v) is 5.29. The van der Waals surface area contributed by atoms with Gasteiger partial charge in [0.25, 0.3) is 0 Å². The van der Waals surface area contributed by atoms with E-state index in [0.29, 0.717) is 16.1 Å². The fourth-order valence-corrected chi connectivity index (χ4v) is 2.65. The van der Waals surface area contributed by atoms with Crippen LogP contribution in [-0.4, -0.2) is 16.2 Å². The zero-order valence-electron chi connectivity index (χ0n) is 10.1. The van der Waals surface area contributed by atoms with Gasteiger partial charge in [0.15, 0.2) is 5.82 Å². The molecule has 0 unspecified atom stereocenters. The highest BCUT2D eigenvalue weighted by atomic mass is 35.5. The first-order valence-electron chi connectivity index (χ1n) is 5.52. The molecule has 0 aliphatic heterocycles. The third kappa shape index (κ3) is 2.79. The Hall–Kier alpha value is -0.770. The molecule has 0 fully saturated rings. The van der Waals surface area contributed by atoms with E-state index in [0.717, 1.165) is 17.5 Å². The highest BCUT2D eigenvalue weighted by Crippen LogP contribution is 2.27. The van der Waals surface area contributed by atoms with Crippen LogP contribution in [0.5, 0.6) is 0 Å². The summed E-state index contributed by atoms with van der Waals surface area (Å²) in [5.41, 5.74) is 1.71. The van der Waals surface area contributed by atoms with E-state index >= 15 is 0 Å². The summed E-state index contributed by atoms with van der Waals surface area (Å²) in [7, 11) is 0. The summed E-state index contributed by atoms with van der Waals surface area (Å²) in [6, 6.07) is 8.00. The normalized spacial score (nSPS) is 10.7. The van der Waals surface area contributed by atoms with Crippen molar-refractivity contribution in [3.8, 4) is 11.4 Å². The van der Waals surface area contributed by atoms with Crippen LogP contribution in [0.4, 0.5) is 0 Å². The Balaban J connectivity index is 2.44. The van der Waals surface area contributed by atoms with Gasteiger partial charge in [0.1, 0.15) is 10.3 Å². The second kappa shape index (κ2) is 5.91. The minimum absolute atomic E-state index is 0.432. The number of halogens is 2. The molecule has 2 nitrogen and oxygen atoms in total. The molecule has 0 aliphatic rings. The van der Waals surface area contributed by atoms with Gasteiger partial charge in [-0.15, -0.1) is 11.8 Å². The number of hydrogen-bond donors (Lipinski definition) is 0. The van der Waals surface area contributed by atoms with Crippen molar-refractivity contribution in [2.24, 2.45) is 0 Å². The fraction of sp³-hybridized carbons (Fsp3) is 0.231. The topological polar surface area (TPSA) is 25.8 Å². The Labute approximate surface area is 121 Å². The van der Waals surface area contributed by atoms with E-state index < -0.39 is 0 Å². The average Bonchev–Trinajstić information content (AvgIpc) is 2.38. The van der Waals surface area contributed by atoms with Crippen molar-refractivity contribution in [3.05, 3.63) is 40.1 Å². The van der Waals surface area contributed by atoms with Crippen molar-refractivity contribution >= 4 is 35.0 Å². The molecule has 0 amide bonds. The lowest BCUT2D eigenvalue weighted by Gasteiger charge is -2.06. The molecule has 0 N–H and O–H groups in total. The Morgan fingerprint density at radius 2 is 1.61 bits per heavy atom. The molecule has 0 aliphatic carbocycles. The van der Waals surface area contributed by atoms with Crippen LogP contribution < -0.4 is 0 Å². The standard InChI is InChI=1S/C13H12Cl2N2S/c1-3-10-11(14)16-13(17-12(10)15)8-4-6-9(18-2)7-5-8/h4-7H,3H2,1-2H3. The highest BCUT2D eigenvalue weighted by molar-refractivity contribution is 7.98. The molecule has 0 saturated heterocycles. The largest absolute Gasteiger partial charge is 0.216 e. The summed E-state index contributed by atoms with van der Waals surface area (Å²) in [6.45, 7) is 1.98. The van der Waals surface area contributed by atoms with Crippen molar-refractivity contribution in [2.75, 3.05) is 6.26 Å². The predicted octanol–water partition coefficient (Wildman–Crippen LogP) is 4.73. The van der Waals surface area contributed by atoms with Gasteiger partial charge in [0.2, 0.25) is 0 Å². The van der Waals surface area contributed by atoms with Crippen LogP contribution in [0.25, 0.3) is 11.4 Å². The summed E-state index contributed by atoms with van der Waals surface area (Å²) in [5, 5.41) is 0.864. The van der Waals surface area contributed by atoms with Gasteiger partial charge in [-0.05, 0) is 24.8 Å². The van der Waals surface area contributed by atoms with Gasteiger partial charge < -0.3 is 0 Å². The maximum atomic E-state index is 6.10. The van der Waals surface area contributed by atoms with Gasteiger partial charge in [-0.3, -0.25) is 0 Å². The maximum Gasteiger partial charge on any atom is 0.162 e. The van der Waals surface area contributed by atoms with E-state index in [4.69, 9.17) is 23.2 Å². The Morgan fingerprint density at radius 1 is 1.06 bits per heavy atom. The first-order chi connectivity index (χ1) is 8.65. The summed E-state index contributed by atoms with van der Waals surface area (Å²) >= 11 is 13.9. The molecule has 1 aromatic heterocycles. The van der Waals surface area contributed by atoms with Crippen LogP contribution in [0.3, 0.4) is 0 Å². The first-order valence-corrected chi connectivity index (χ1v) is 7.50. The van der Waals surface area contributed by atoms with Gasteiger partial charge >= 0.3 is 0 Å². The number of benzene rings is 1. The van der Waals surface area contributed by atoms with Gasteiger partial charge in [-0.25, -0.2) is 9.97 Å². The minimum atomic E-state index is 0.432. The zero-order chi connectivity index (χ0) is 13.1. The molecule has 0 saturated carbocycles. The number of nitrogens with zero attached hydrogens (tertiary/aromatic N) is 2. The van der Waals surface area contributed by atoms with Crippen molar-refractivity contribution in [1.82, 2.24) is 9.97 Å². The molecule has 5 heteroatoms. The maximum absolute atomic E-state index is 6.10. The van der Waals surface area contributed by atoms with Crippen molar-refractivity contribution in [2.45, 2.75) is 18.2 Å². The van der Waals surface area contributed by atoms with Gasteiger partial charge in [-0.1, -0.05) is 42.3 Å². The number of hydrogen-bond acceptors (Lipinski definition) is 3. The fourth-order valence-electron chi connectivity index (χ4n) is 1.59. The van der Waals surface area contributed by atoms with Gasteiger partial charge in [-0.2, -0.15) is 0 Å². The van der Waals surface area contributed by atoms with E-state index in [1.807, 2.05) is 37.4 Å². The Kier molecular flexibility index (Phi) is 4.49. The molecular weight excluding hydrogens is 287 g/mol. The summed E-state index contributed by atoms with van der Waals surface area (Å²) in [4.78, 5) is 9.78. The number of thioether (sulfide) groups is 1. The minimum Gasteiger partial charge on any atom is -0.216 e. The molecule has 1 heterocycles. The van der Waals surface area contributed by atoms with Crippen LogP contribution in [0.15, 0.2) is 29.2 Å². The molecule has 0 bridgehead atoms. The molecule has 0 atom stereocenters. The van der Waals surface area contributed by atoms with Crippen molar-refractivity contribution in [1.29, 1.82) is 0 Å². The van der Waals surface area contributed by atoms with Crippen molar-refractivity contribution in [3.63, 3.8) is 0 Å². The number of aromatic nitrogens is 2. The Morgan fingerprint density at radius 3 is 2.06 bits per heavy atom. The van der Waals surface area contributed by atoms with Crippen LogP contribution in [0.1, 0.15) is 12.5 Å². The van der Waals surface area contributed by atoms with Crippen LogP contribution >= 0.6 is 35.0 Å². The molecule has 1 aromatic carbocycles. The SMILES string of the molecule is CCc1c(Cl)nc(-c2ccc(SC)cc2)nc1Cl. The number of rotatable bonds is 3. The smallest absolute Gasteiger partial charge is 0.162 e. The third-order valence-electron chi connectivity index (χ3n) is 2.61. The molecule has 2 aromatic rings. The lowest BCUT2D eigenvalue weighted by atomic mass is 10.2. The van der Waals surface area contributed by atoms with E-state index in [2.05, 4.69) is 9.97 Å². The van der Waals surface area contributed by atoms with Gasteiger partial charge in [0, 0.05) is 16.0 Å². The predicted molar refractivity (Wildman–Crippen MR) is 78.6 cm³/mol. The average molecular weight is 299 g/mol. The summed E-state index contributed by atoms with van der Waals surface area (Å²) in [5.74, 6) is 0.565. The van der Waals surface area contributed by atoms with E-state index in [1.54, 1.807) is 11.8 Å². The second-order valence-electron chi connectivity index (χ2n) is 3.69. The summed E-state index contributed by atoms with van der Waals surface area (Å²) in [6.07, 6.45) is 2.76. The quantitative estimate of drug-likeness (QED) is 0.605. The lowest BCUT2D eigenvalue weighted by molar-refractivity contribution is 1.05. The van der Waals surface area contributed by atoms with Crippen LogP contribution in [0.2, 0.25) is 10.3 Å². The van der Waals surface area contributed by atoms with E-state index in [-0.39, 0.29) is 0 Å². The van der Waals surface area contributed by atoms with Gasteiger partial charge in [0.05, 0.1) is 0 Å². The third-order valence-corrected chi connectivity index (χ3v) is 3.98. The van der Waals surface area contributed by atoms with Crippen LogP contribution in [0, 0.1) is 0 Å². The first kappa shape index (κ1) is 13.7. The van der Waals surface area contributed by atoms with Crippen LogP contribution in [-0.2, 0) is 6.42 Å². The molecule has 0 spiro atoms. The lowest BCUT2D eigenvalue weighted by Crippen LogP contribution is -1.96. The zero-order valence-corrected chi connectivity index (χ0v) is 12.4. The molecule has 0 radical (unpaired) electrons. The highest BCUT2D eigenvalue weighted by Gasteiger charge is 2.11. The molecule has 94 valence electrons. The monoisotopic (exact) mass is 298 g/mol. The van der Waals surface area contributed by atoms with Crippen molar-refractivity contribution < 1.29 is 0 Å². The molecule has 2 rings (SSSR count). The molecule has 18 heavy (non-hydrogen) atoms. The van der Waals surface area contributed by atoms with E-state index in [1.165, 1.54) is 4.90 Å².